The summed E-state index contributed by atoms with van der Waals surface area (Å²) in [5.41, 5.74) is 28.4. The van der Waals surface area contributed by atoms with E-state index in [0.717, 1.165) is 108 Å². The highest BCUT2D eigenvalue weighted by atomic mass is 32.1. The fraction of sp³-hybridized carbons (Fsp3) is 0.0420. The van der Waals surface area contributed by atoms with Crippen molar-refractivity contribution < 1.29 is 0 Å². The molecule has 0 bridgehead atoms. The predicted molar refractivity (Wildman–Crippen MR) is 555 cm³/mol. The van der Waals surface area contributed by atoms with Crippen molar-refractivity contribution in [3.8, 4) is 90.6 Å². The van der Waals surface area contributed by atoms with Crippen LogP contribution in [0.4, 0.5) is 11.4 Å². The molecule has 0 radical (unpaired) electrons. The lowest BCUT2D eigenvalue weighted by molar-refractivity contribution is 0.747. The quantitative estimate of drug-likeness (QED) is 0.0844. The molecular formula is C119H79N9S3. The van der Waals surface area contributed by atoms with Gasteiger partial charge in [0.2, 0.25) is 0 Å². The second-order valence-electron chi connectivity index (χ2n) is 33.8. The fourth-order valence-electron chi connectivity index (χ4n) is 20.0. The topological polar surface area (TPSA) is 89.9 Å². The highest BCUT2D eigenvalue weighted by molar-refractivity contribution is 7.27. The van der Waals surface area contributed by atoms with Crippen LogP contribution in [0.3, 0.4) is 0 Å². The Balaban J connectivity index is 0.503. The van der Waals surface area contributed by atoms with Crippen molar-refractivity contribution in [1.29, 1.82) is 0 Å². The summed E-state index contributed by atoms with van der Waals surface area (Å²) in [6.45, 7) is 7.06. The van der Waals surface area contributed by atoms with Gasteiger partial charge in [-0.1, -0.05) is 267 Å². The number of aromatic nitrogens is 7. The number of rotatable bonds is 17. The number of hydrogen-bond donors (Lipinski definition) is 0. The first kappa shape index (κ1) is 77.4. The zero-order chi connectivity index (χ0) is 86.7. The summed E-state index contributed by atoms with van der Waals surface area (Å²) in [6.07, 6.45) is 14.8. The van der Waals surface area contributed by atoms with Crippen LogP contribution in [0.25, 0.3) is 206 Å². The van der Waals surface area contributed by atoms with Gasteiger partial charge in [-0.15, -0.1) is 34.0 Å². The van der Waals surface area contributed by atoms with Crippen LogP contribution in [-0.2, 0) is 6.42 Å². The number of para-hydroxylation sites is 2. The molecule has 9 nitrogen and oxygen atoms in total. The van der Waals surface area contributed by atoms with Gasteiger partial charge < -0.3 is 14.0 Å². The zero-order valence-electron chi connectivity index (χ0n) is 71.3. The normalized spacial score (nSPS) is 14.0. The van der Waals surface area contributed by atoms with Gasteiger partial charge in [-0.3, -0.25) is 4.99 Å². The molecule has 16 aromatic carbocycles. The van der Waals surface area contributed by atoms with E-state index in [1.165, 1.54) is 132 Å². The Bertz CT molecular complexity index is 8680. The van der Waals surface area contributed by atoms with Crippen molar-refractivity contribution in [2.45, 2.75) is 25.8 Å². The summed E-state index contributed by atoms with van der Waals surface area (Å²) in [5, 5.41) is 12.8. The molecule has 0 aliphatic carbocycles. The Morgan fingerprint density at radius 3 is 1.45 bits per heavy atom. The van der Waals surface area contributed by atoms with E-state index in [1.807, 2.05) is 101 Å². The van der Waals surface area contributed by atoms with E-state index in [1.54, 1.807) is 0 Å². The second kappa shape index (κ2) is 32.1. The standard InChI is InChI=1S/C119H79N9S3/c1-3-25-84-72-126(86-55-51-83(52-56-86)119-124-117(80-31-13-7-14-32-80)123-118(125-119)81-33-15-8-16-34-81)100-61-65-108-115(109(84)100)112-89(39-24-43-105(112)131-108)76-45-47-79(48-46-76)97-71-96(78-29-11-6-12-30-78)121-116(122-97)82-53-59-88(60-54-82)128-99-41-21-18-37-91(99)111-102(128)63-67-107-114(111)93-68-73(44-64-104(93)130-107)26-23-35-74(4-2)94-69-85(70-95(120-94)77-27-9-5-10-28-77)75-49-57-87(58-50-75)127-98-40-20-17-36-90(98)110-101(127)62-66-106-113(110)92-38-19-22-42-103(92)129-106/h3-25,27-69,71,95H,1,26,70,72H2,2H3/b35-23-,74-4+,84-25+. The van der Waals surface area contributed by atoms with E-state index in [2.05, 4.69) is 367 Å². The van der Waals surface area contributed by atoms with E-state index < -0.39 is 0 Å². The van der Waals surface area contributed by atoms with Gasteiger partial charge in [0.15, 0.2) is 23.3 Å². The molecule has 1 atom stereocenters. The van der Waals surface area contributed by atoms with Crippen LogP contribution in [0.1, 0.15) is 41.6 Å². The predicted octanol–water partition coefficient (Wildman–Crippen LogP) is 32.1. The van der Waals surface area contributed by atoms with Gasteiger partial charge in [-0.2, -0.15) is 0 Å². The molecule has 0 saturated carbocycles. The summed E-state index contributed by atoms with van der Waals surface area (Å²) in [7, 11) is 0. The molecule has 0 spiro atoms. The molecule has 1 unspecified atom stereocenters. The molecule has 12 heteroatoms. The first-order chi connectivity index (χ1) is 64.8. The number of benzene rings is 16. The maximum absolute atomic E-state index is 5.54. The van der Waals surface area contributed by atoms with Crippen molar-refractivity contribution in [2.24, 2.45) is 4.99 Å². The van der Waals surface area contributed by atoms with Crippen LogP contribution in [-0.4, -0.2) is 46.3 Å². The smallest absolute Gasteiger partial charge is 0.164 e. The molecule has 7 aromatic heterocycles. The SMILES string of the molecule is C=C/C=C1\CN(c2ccc(-c3nc(-c4ccccc4)nc(-c4ccccc4)n3)cc2)c2ccc3sc4cccc(-c5ccc(-c6cc(-c7ccccc7)nc(-c7ccc(-n8c9ccccc9c9c%10c(ccc98)sc8ccc(C/C=C\C(=C/C)C9=NC(c%11ccccc%11)CC(c%11ccc(-n%12c%13ccccc%13c%13c%14c(ccc%13%12)sc%12ccccc%12%14)cc%11)=C9)cc8%10)cc7)n6)cc5)c4c3c21. The van der Waals surface area contributed by atoms with Gasteiger partial charge in [-0.25, -0.2) is 24.9 Å². The van der Waals surface area contributed by atoms with Crippen molar-refractivity contribution in [3.63, 3.8) is 0 Å². The van der Waals surface area contributed by atoms with Crippen LogP contribution < -0.4 is 4.90 Å². The molecular weight excluding hydrogens is 1650 g/mol. The minimum absolute atomic E-state index is 0.0347. The summed E-state index contributed by atoms with van der Waals surface area (Å²) >= 11 is 5.59. The average Bonchev–Trinajstić information content (AvgIpc) is 1.56. The minimum Gasteiger partial charge on any atom is -0.336 e. The number of dihydropyridines is 1. The second-order valence-corrected chi connectivity index (χ2v) is 37.0. The molecule has 9 heterocycles. The maximum Gasteiger partial charge on any atom is 0.164 e. The third kappa shape index (κ3) is 13.5. The number of nitrogens with zero attached hydrogens (tertiary/aromatic N) is 9. The van der Waals surface area contributed by atoms with Gasteiger partial charge in [0, 0.05) is 150 Å². The highest BCUT2D eigenvalue weighted by Crippen LogP contribution is 2.53. The molecule has 2 aliphatic heterocycles. The Morgan fingerprint density at radius 1 is 0.374 bits per heavy atom. The number of aliphatic imine (C=N–C) groups is 1. The van der Waals surface area contributed by atoms with E-state index in [9.17, 15) is 0 Å². The molecule has 0 amide bonds. The number of hydrogen-bond acceptors (Lipinski definition) is 10. The molecule has 131 heavy (non-hydrogen) atoms. The first-order valence-electron chi connectivity index (χ1n) is 44.5. The van der Waals surface area contributed by atoms with E-state index in [0.29, 0.717) is 29.8 Å². The molecule has 25 rings (SSSR count). The molecule has 618 valence electrons. The van der Waals surface area contributed by atoms with Crippen molar-refractivity contribution in [2.75, 3.05) is 11.4 Å². The van der Waals surface area contributed by atoms with Gasteiger partial charge in [0.05, 0.1) is 45.2 Å². The minimum atomic E-state index is -0.0347. The zero-order valence-corrected chi connectivity index (χ0v) is 73.8. The van der Waals surface area contributed by atoms with Crippen LogP contribution in [0.2, 0.25) is 0 Å². The van der Waals surface area contributed by atoms with Gasteiger partial charge >= 0.3 is 0 Å². The average molecular weight is 1730 g/mol. The summed E-state index contributed by atoms with van der Waals surface area (Å²) in [5.74, 6) is 2.54. The lowest BCUT2D eigenvalue weighted by Crippen LogP contribution is -2.12. The maximum atomic E-state index is 5.54. The monoisotopic (exact) mass is 1730 g/mol. The largest absolute Gasteiger partial charge is 0.336 e. The van der Waals surface area contributed by atoms with Crippen LogP contribution in [0, 0.1) is 0 Å². The van der Waals surface area contributed by atoms with E-state index in [4.69, 9.17) is 29.9 Å². The Kier molecular flexibility index (Phi) is 19.0. The van der Waals surface area contributed by atoms with Gasteiger partial charge in [0.1, 0.15) is 0 Å². The summed E-state index contributed by atoms with van der Waals surface area (Å²) in [6, 6.07) is 134. The number of thiophene rings is 3. The Morgan fingerprint density at radius 2 is 0.840 bits per heavy atom. The lowest BCUT2D eigenvalue weighted by Gasteiger charge is -2.23. The molecule has 2 aliphatic rings. The third-order valence-corrected chi connectivity index (χ3v) is 29.6. The lowest BCUT2D eigenvalue weighted by atomic mass is 9.89. The Hall–Kier alpha value is -16.0. The van der Waals surface area contributed by atoms with Crippen molar-refractivity contribution >= 4 is 166 Å². The van der Waals surface area contributed by atoms with Crippen LogP contribution >= 0.6 is 34.0 Å². The van der Waals surface area contributed by atoms with E-state index in [-0.39, 0.29) is 6.04 Å². The Labute approximate surface area is 768 Å². The van der Waals surface area contributed by atoms with Crippen molar-refractivity contribution in [1.82, 2.24) is 34.1 Å². The third-order valence-electron chi connectivity index (χ3n) is 26.2. The molecule has 0 N–H and O–H groups in total. The van der Waals surface area contributed by atoms with Crippen molar-refractivity contribution in [3.05, 3.63) is 441 Å². The number of fused-ring (bicyclic) bond motifs is 19. The van der Waals surface area contributed by atoms with E-state index >= 15 is 0 Å². The van der Waals surface area contributed by atoms with Crippen LogP contribution in [0.15, 0.2) is 424 Å². The van der Waals surface area contributed by atoms with Crippen LogP contribution in [0.5, 0.6) is 0 Å². The van der Waals surface area contributed by atoms with Gasteiger partial charge in [0.25, 0.3) is 0 Å². The first-order valence-corrected chi connectivity index (χ1v) is 47.0. The fourth-order valence-corrected chi connectivity index (χ4v) is 23.4. The summed E-state index contributed by atoms with van der Waals surface area (Å²) in [4.78, 5) is 33.8. The van der Waals surface area contributed by atoms with Gasteiger partial charge in [-0.05, 0) is 210 Å². The molecule has 0 saturated heterocycles. The number of allylic oxidation sites excluding steroid dienone is 7. The summed E-state index contributed by atoms with van der Waals surface area (Å²) < 4.78 is 12.5. The number of anilines is 2. The highest BCUT2D eigenvalue weighted by Gasteiger charge is 2.31. The molecule has 23 aromatic rings. The molecule has 0 fully saturated rings.